The molecule has 0 aliphatic heterocycles. The molecule has 8 rings (SSSR count). The van der Waals surface area contributed by atoms with Crippen LogP contribution in [-0.4, -0.2) is 11.4 Å². The van der Waals surface area contributed by atoms with E-state index in [1.807, 2.05) is 0 Å². The van der Waals surface area contributed by atoms with Gasteiger partial charge in [-0.05, 0) is 139 Å². The summed E-state index contributed by atoms with van der Waals surface area (Å²) in [5.74, 6) is -1.88. The molecule has 2 bridgehead atoms. The minimum absolute atomic E-state index is 0.124. The van der Waals surface area contributed by atoms with Gasteiger partial charge in [0.2, 0.25) is 0 Å². The molecule has 294 valence electrons. The van der Waals surface area contributed by atoms with Crippen LogP contribution in [0.2, 0.25) is 0 Å². The molecule has 6 heteroatoms. The standard InChI is InChI=1S/C52H48F4N2/c1-30-26-32(3)47(42(28-30)45(34-8-16-38(53)17-9-34)35-10-18-39(54)19-11-35)57-49-44-24-25-52(7,51(44,5)6)50(49)58-48-33(4)27-31(2)29-43(48)46(36-12-20-40(55)21-13-36)37-14-22-41(56)23-15-37/h8-23,26-29,44-46H,24-25H2,1-7H3/t44-,52-/m0/s1. The molecule has 0 heterocycles. The number of benzene rings is 6. The van der Waals surface area contributed by atoms with Crippen LogP contribution in [0, 0.1) is 67.7 Å². The Morgan fingerprint density at radius 2 is 0.845 bits per heavy atom. The highest BCUT2D eigenvalue weighted by Gasteiger charge is 2.63. The fourth-order valence-corrected chi connectivity index (χ4v) is 9.85. The maximum absolute atomic E-state index is 14.3. The van der Waals surface area contributed by atoms with Gasteiger partial charge in [0.1, 0.15) is 23.3 Å². The molecule has 0 amide bonds. The van der Waals surface area contributed by atoms with E-state index in [1.54, 1.807) is 48.5 Å². The van der Waals surface area contributed by atoms with Gasteiger partial charge in [-0.3, -0.25) is 9.98 Å². The molecule has 0 radical (unpaired) electrons. The van der Waals surface area contributed by atoms with Crippen molar-refractivity contribution in [2.75, 3.05) is 0 Å². The minimum atomic E-state index is -0.350. The maximum Gasteiger partial charge on any atom is 0.123 e. The Balaban J connectivity index is 1.38. The lowest BCUT2D eigenvalue weighted by molar-refractivity contribution is 0.208. The summed E-state index contributed by atoms with van der Waals surface area (Å²) < 4.78 is 57.4. The van der Waals surface area contributed by atoms with Gasteiger partial charge in [0.15, 0.2) is 0 Å². The van der Waals surface area contributed by atoms with E-state index in [9.17, 15) is 17.6 Å². The summed E-state index contributed by atoms with van der Waals surface area (Å²) in [6, 6.07) is 34.7. The molecule has 2 saturated carbocycles. The third-order valence-electron chi connectivity index (χ3n) is 13.2. The van der Waals surface area contributed by atoms with Crippen molar-refractivity contribution in [1.29, 1.82) is 0 Å². The SMILES string of the molecule is Cc1cc(C)c(N=C2C(=Nc3c(C)cc(C)cc3C(c3ccc(F)cc3)c3ccc(F)cc3)[C@]3(C)CC[C@@H]2C3(C)C)c(C(c2ccc(F)cc2)c2ccc(F)cc2)c1. The number of nitrogens with zero attached hydrogens (tertiary/aromatic N) is 2. The normalized spacial score (nSPS) is 19.9. The van der Waals surface area contributed by atoms with Gasteiger partial charge >= 0.3 is 0 Å². The molecule has 6 aromatic carbocycles. The monoisotopic (exact) mass is 776 g/mol. The first kappa shape index (κ1) is 39.2. The van der Waals surface area contributed by atoms with Gasteiger partial charge < -0.3 is 0 Å². The van der Waals surface area contributed by atoms with Gasteiger partial charge in [-0.1, -0.05) is 105 Å². The fourth-order valence-electron chi connectivity index (χ4n) is 9.85. The molecular weight excluding hydrogens is 729 g/mol. The van der Waals surface area contributed by atoms with Crippen molar-refractivity contribution in [3.63, 3.8) is 0 Å². The van der Waals surface area contributed by atoms with E-state index in [0.29, 0.717) is 0 Å². The Kier molecular flexibility index (Phi) is 10.1. The van der Waals surface area contributed by atoms with Crippen LogP contribution >= 0.6 is 0 Å². The number of aryl methyl sites for hydroxylation is 4. The molecule has 58 heavy (non-hydrogen) atoms. The number of rotatable bonds is 8. The van der Waals surface area contributed by atoms with Crippen molar-refractivity contribution in [1.82, 2.24) is 0 Å². The van der Waals surface area contributed by atoms with E-state index in [4.69, 9.17) is 9.98 Å². The van der Waals surface area contributed by atoms with Crippen LogP contribution in [0.25, 0.3) is 0 Å². The van der Waals surface area contributed by atoms with Crippen molar-refractivity contribution in [2.24, 2.45) is 26.7 Å². The quantitative estimate of drug-likeness (QED) is 0.109. The molecule has 2 atom stereocenters. The van der Waals surface area contributed by atoms with Crippen LogP contribution in [0.5, 0.6) is 0 Å². The number of fused-ring (bicyclic) bond motifs is 2. The zero-order chi connectivity index (χ0) is 41.1. The van der Waals surface area contributed by atoms with Crippen LogP contribution in [-0.2, 0) is 0 Å². The second kappa shape index (κ2) is 15.0. The van der Waals surface area contributed by atoms with Crippen molar-refractivity contribution in [3.05, 3.63) is 200 Å². The highest BCUT2D eigenvalue weighted by atomic mass is 19.1. The Morgan fingerprint density at radius 3 is 1.21 bits per heavy atom. The van der Waals surface area contributed by atoms with Crippen LogP contribution in [0.3, 0.4) is 0 Å². The molecule has 0 spiro atoms. The molecule has 2 aliphatic carbocycles. The average Bonchev–Trinajstić information content (AvgIpc) is 3.50. The van der Waals surface area contributed by atoms with Crippen LogP contribution < -0.4 is 0 Å². The van der Waals surface area contributed by atoms with E-state index >= 15 is 0 Å². The predicted octanol–water partition coefficient (Wildman–Crippen LogP) is 14.1. The van der Waals surface area contributed by atoms with Crippen molar-refractivity contribution in [2.45, 2.75) is 73.1 Å². The summed E-state index contributed by atoms with van der Waals surface area (Å²) in [6.07, 6.45) is 1.92. The van der Waals surface area contributed by atoms with E-state index in [1.165, 1.54) is 48.5 Å². The van der Waals surface area contributed by atoms with Crippen LogP contribution in [0.1, 0.15) is 101 Å². The number of hydrogen-bond donors (Lipinski definition) is 0. The number of aliphatic imine (C=N–C) groups is 2. The molecule has 0 unspecified atom stereocenters. The Labute approximate surface area is 339 Å². The lowest BCUT2D eigenvalue weighted by atomic mass is 9.70. The van der Waals surface area contributed by atoms with Gasteiger partial charge in [-0.25, -0.2) is 17.6 Å². The zero-order valence-electron chi connectivity index (χ0n) is 34.1. The van der Waals surface area contributed by atoms with Crippen molar-refractivity contribution < 1.29 is 17.6 Å². The topological polar surface area (TPSA) is 24.7 Å². The van der Waals surface area contributed by atoms with Crippen LogP contribution in [0.15, 0.2) is 131 Å². The largest absolute Gasteiger partial charge is 0.251 e. The van der Waals surface area contributed by atoms with E-state index in [0.717, 1.165) is 91.3 Å². The summed E-state index contributed by atoms with van der Waals surface area (Å²) in [7, 11) is 0. The highest BCUT2D eigenvalue weighted by molar-refractivity contribution is 6.49. The molecule has 2 aliphatic rings. The Hall–Kier alpha value is -5.62. The molecule has 6 aromatic rings. The second-order valence-electron chi connectivity index (χ2n) is 17.2. The molecule has 2 nitrogen and oxygen atoms in total. The van der Waals surface area contributed by atoms with Gasteiger partial charge in [0, 0.05) is 23.2 Å². The summed E-state index contributed by atoms with van der Waals surface area (Å²) in [6.45, 7) is 15.3. The summed E-state index contributed by atoms with van der Waals surface area (Å²) in [5, 5.41) is 0. The zero-order valence-corrected chi connectivity index (χ0v) is 34.1. The van der Waals surface area contributed by atoms with Gasteiger partial charge in [0.05, 0.1) is 22.8 Å². The Morgan fingerprint density at radius 1 is 0.500 bits per heavy atom. The third-order valence-corrected chi connectivity index (χ3v) is 13.2. The lowest BCUT2D eigenvalue weighted by Gasteiger charge is -2.34. The van der Waals surface area contributed by atoms with Gasteiger partial charge in [-0.2, -0.15) is 0 Å². The molecule has 0 saturated heterocycles. The molecule has 2 fully saturated rings. The van der Waals surface area contributed by atoms with Gasteiger partial charge in [-0.15, -0.1) is 0 Å². The highest BCUT2D eigenvalue weighted by Crippen LogP contribution is 2.64. The average molecular weight is 777 g/mol. The van der Waals surface area contributed by atoms with Gasteiger partial charge in [0.25, 0.3) is 0 Å². The second-order valence-corrected chi connectivity index (χ2v) is 17.2. The maximum atomic E-state index is 14.3. The smallest absolute Gasteiger partial charge is 0.123 e. The molecular formula is C52H48F4N2. The first-order valence-electron chi connectivity index (χ1n) is 20.1. The molecule has 0 N–H and O–H groups in total. The first-order valence-corrected chi connectivity index (χ1v) is 20.1. The van der Waals surface area contributed by atoms with E-state index < -0.39 is 0 Å². The lowest BCUT2D eigenvalue weighted by Crippen LogP contribution is -2.33. The van der Waals surface area contributed by atoms with Crippen LogP contribution in [0.4, 0.5) is 28.9 Å². The summed E-state index contributed by atoms with van der Waals surface area (Å²) in [5.41, 5.74) is 12.6. The Bertz CT molecular complexity index is 2480. The van der Waals surface area contributed by atoms with Crippen molar-refractivity contribution >= 4 is 22.8 Å². The summed E-state index contributed by atoms with van der Waals surface area (Å²) in [4.78, 5) is 11.5. The minimum Gasteiger partial charge on any atom is -0.251 e. The fraction of sp³-hybridized carbons (Fsp3) is 0.269. The first-order chi connectivity index (χ1) is 27.6. The predicted molar refractivity (Wildman–Crippen MR) is 228 cm³/mol. The number of hydrogen-bond acceptors (Lipinski definition) is 2. The van der Waals surface area contributed by atoms with E-state index in [2.05, 4.69) is 72.7 Å². The third kappa shape index (κ3) is 6.91. The summed E-state index contributed by atoms with van der Waals surface area (Å²) >= 11 is 0. The molecule has 0 aromatic heterocycles. The number of halogens is 4. The van der Waals surface area contributed by atoms with Crippen molar-refractivity contribution in [3.8, 4) is 0 Å². The van der Waals surface area contributed by atoms with E-state index in [-0.39, 0.29) is 51.9 Å².